The van der Waals surface area contributed by atoms with E-state index in [1.54, 1.807) is 0 Å². The molecule has 0 bridgehead atoms. The lowest BCUT2D eigenvalue weighted by Crippen LogP contribution is -2.38. The van der Waals surface area contributed by atoms with Crippen LogP contribution in [0.3, 0.4) is 0 Å². The van der Waals surface area contributed by atoms with Crippen molar-refractivity contribution in [2.24, 2.45) is 10.9 Å². The van der Waals surface area contributed by atoms with Crippen molar-refractivity contribution in [1.82, 2.24) is 20.2 Å². The highest BCUT2D eigenvalue weighted by atomic mass is 127. The molecule has 0 saturated carbocycles. The number of ether oxygens (including phenoxy) is 1. The average molecular weight is 513 g/mol. The highest BCUT2D eigenvalue weighted by molar-refractivity contribution is 14.0. The molecule has 1 aromatic carbocycles. The fourth-order valence-electron chi connectivity index (χ4n) is 2.80. The summed E-state index contributed by atoms with van der Waals surface area (Å²) in [6.07, 6.45) is 5.69. The van der Waals surface area contributed by atoms with Crippen LogP contribution in [0.4, 0.5) is 0 Å². The van der Waals surface area contributed by atoms with Crippen LogP contribution in [0.5, 0.6) is 0 Å². The Bertz CT molecular complexity index is 688. The van der Waals surface area contributed by atoms with Crippen LogP contribution in [0, 0.1) is 5.92 Å². The van der Waals surface area contributed by atoms with Gasteiger partial charge in [-0.25, -0.2) is 4.98 Å². The van der Waals surface area contributed by atoms with Gasteiger partial charge in [0.2, 0.25) is 0 Å². The minimum absolute atomic E-state index is 0. The SMILES string of the molecule is CCNC(=NCCCOCC(C)C)NCCc1nccn1Cc1ccccc1.I. The summed E-state index contributed by atoms with van der Waals surface area (Å²) in [4.78, 5) is 9.14. The van der Waals surface area contributed by atoms with Crippen molar-refractivity contribution in [3.05, 3.63) is 54.1 Å². The first-order chi connectivity index (χ1) is 13.7. The van der Waals surface area contributed by atoms with E-state index in [4.69, 9.17) is 4.74 Å². The molecule has 2 rings (SSSR count). The Morgan fingerprint density at radius 2 is 2.00 bits per heavy atom. The lowest BCUT2D eigenvalue weighted by Gasteiger charge is -2.12. The van der Waals surface area contributed by atoms with Gasteiger partial charge in [-0.1, -0.05) is 44.2 Å². The van der Waals surface area contributed by atoms with Crippen LogP contribution in [0.25, 0.3) is 0 Å². The summed E-state index contributed by atoms with van der Waals surface area (Å²) in [6.45, 7) is 11.2. The standard InChI is InChI=1S/C22H35N5O.HI/c1-4-23-22(25-12-8-16-28-18-19(2)3)26-13-11-21-24-14-15-27(21)17-20-9-6-5-7-10-20;/h5-7,9-10,14-15,19H,4,8,11-13,16-18H2,1-3H3,(H2,23,25,26);1H. The first-order valence-electron chi connectivity index (χ1n) is 10.3. The Morgan fingerprint density at radius 3 is 2.72 bits per heavy atom. The third-order valence-electron chi connectivity index (χ3n) is 4.15. The Hall–Kier alpha value is -1.61. The lowest BCUT2D eigenvalue weighted by molar-refractivity contribution is 0.109. The van der Waals surface area contributed by atoms with Gasteiger partial charge in [0.1, 0.15) is 5.82 Å². The Kier molecular flexibility index (Phi) is 13.4. The van der Waals surface area contributed by atoms with Crippen molar-refractivity contribution in [2.45, 2.75) is 40.2 Å². The van der Waals surface area contributed by atoms with E-state index in [9.17, 15) is 0 Å². The van der Waals surface area contributed by atoms with E-state index >= 15 is 0 Å². The van der Waals surface area contributed by atoms with Crippen LogP contribution in [-0.4, -0.2) is 48.4 Å². The van der Waals surface area contributed by atoms with Crippen molar-refractivity contribution in [3.8, 4) is 0 Å². The number of aromatic nitrogens is 2. The number of rotatable bonds is 12. The Morgan fingerprint density at radius 1 is 1.21 bits per heavy atom. The number of hydrogen-bond acceptors (Lipinski definition) is 3. The second-order valence-electron chi connectivity index (χ2n) is 7.22. The van der Waals surface area contributed by atoms with Crippen LogP contribution < -0.4 is 10.6 Å². The van der Waals surface area contributed by atoms with E-state index in [1.807, 2.05) is 18.5 Å². The van der Waals surface area contributed by atoms with Crippen molar-refractivity contribution >= 4 is 29.9 Å². The second kappa shape index (κ2) is 15.3. The fraction of sp³-hybridized carbons (Fsp3) is 0.545. The molecule has 0 aliphatic rings. The van der Waals surface area contributed by atoms with Crippen molar-refractivity contribution < 1.29 is 4.74 Å². The summed E-state index contributed by atoms with van der Waals surface area (Å²) in [5, 5.41) is 6.70. The minimum Gasteiger partial charge on any atom is -0.381 e. The summed E-state index contributed by atoms with van der Waals surface area (Å²) in [5.41, 5.74) is 1.28. The molecule has 0 aliphatic heterocycles. The van der Waals surface area contributed by atoms with E-state index < -0.39 is 0 Å². The van der Waals surface area contributed by atoms with Gasteiger partial charge in [-0.3, -0.25) is 4.99 Å². The highest BCUT2D eigenvalue weighted by Gasteiger charge is 2.04. The third kappa shape index (κ3) is 10.7. The maximum Gasteiger partial charge on any atom is 0.191 e. The summed E-state index contributed by atoms with van der Waals surface area (Å²) < 4.78 is 7.81. The van der Waals surface area contributed by atoms with Crippen LogP contribution >= 0.6 is 24.0 Å². The van der Waals surface area contributed by atoms with Crippen LogP contribution in [-0.2, 0) is 17.7 Å². The zero-order valence-electron chi connectivity index (χ0n) is 17.9. The summed E-state index contributed by atoms with van der Waals surface area (Å²) >= 11 is 0. The topological polar surface area (TPSA) is 63.5 Å². The maximum absolute atomic E-state index is 5.61. The van der Waals surface area contributed by atoms with E-state index in [-0.39, 0.29) is 24.0 Å². The molecule has 0 saturated heterocycles. The zero-order chi connectivity index (χ0) is 20.0. The van der Waals surface area contributed by atoms with Gasteiger partial charge < -0.3 is 19.9 Å². The highest BCUT2D eigenvalue weighted by Crippen LogP contribution is 2.05. The molecular weight excluding hydrogens is 477 g/mol. The van der Waals surface area contributed by atoms with Crippen molar-refractivity contribution in [1.29, 1.82) is 0 Å². The van der Waals surface area contributed by atoms with E-state index in [1.165, 1.54) is 5.56 Å². The number of guanidine groups is 1. The Labute approximate surface area is 192 Å². The van der Waals surface area contributed by atoms with Gasteiger partial charge in [-0.2, -0.15) is 0 Å². The molecule has 0 spiro atoms. The van der Waals surface area contributed by atoms with Gasteiger partial charge in [0.05, 0.1) is 0 Å². The van der Waals surface area contributed by atoms with Gasteiger partial charge in [0.25, 0.3) is 0 Å². The van der Waals surface area contributed by atoms with Crippen LogP contribution in [0.15, 0.2) is 47.7 Å². The van der Waals surface area contributed by atoms with Crippen LogP contribution in [0.1, 0.15) is 38.6 Å². The number of benzene rings is 1. The molecule has 0 radical (unpaired) electrons. The largest absolute Gasteiger partial charge is 0.381 e. The van der Waals surface area contributed by atoms with Gasteiger partial charge in [-0.15, -0.1) is 24.0 Å². The number of halogens is 1. The molecule has 0 fully saturated rings. The zero-order valence-corrected chi connectivity index (χ0v) is 20.3. The molecule has 2 N–H and O–H groups in total. The molecule has 1 aromatic heterocycles. The summed E-state index contributed by atoms with van der Waals surface area (Å²) in [6, 6.07) is 10.5. The van der Waals surface area contributed by atoms with Gasteiger partial charge >= 0.3 is 0 Å². The van der Waals surface area contributed by atoms with Gasteiger partial charge in [0, 0.05) is 58.2 Å². The average Bonchev–Trinajstić information content (AvgIpc) is 3.12. The molecule has 0 amide bonds. The number of aliphatic imine (C=N–C) groups is 1. The molecule has 1 heterocycles. The third-order valence-corrected chi connectivity index (χ3v) is 4.15. The molecule has 7 heteroatoms. The van der Waals surface area contributed by atoms with Gasteiger partial charge in [-0.05, 0) is 24.8 Å². The van der Waals surface area contributed by atoms with E-state index in [2.05, 4.69) is 70.2 Å². The number of nitrogens with one attached hydrogen (secondary N) is 2. The number of imidazole rings is 1. The molecule has 162 valence electrons. The first kappa shape index (κ1) is 25.4. The van der Waals surface area contributed by atoms with E-state index in [0.717, 1.165) is 64.0 Å². The molecule has 0 atom stereocenters. The number of nitrogens with zero attached hydrogens (tertiary/aromatic N) is 3. The van der Waals surface area contributed by atoms with Crippen molar-refractivity contribution in [3.63, 3.8) is 0 Å². The van der Waals surface area contributed by atoms with Crippen molar-refractivity contribution in [2.75, 3.05) is 32.8 Å². The van der Waals surface area contributed by atoms with Gasteiger partial charge in [0.15, 0.2) is 5.96 Å². The second-order valence-corrected chi connectivity index (χ2v) is 7.22. The molecule has 0 aliphatic carbocycles. The quantitative estimate of drug-likeness (QED) is 0.197. The summed E-state index contributed by atoms with van der Waals surface area (Å²) in [5.74, 6) is 2.51. The number of hydrogen-bond donors (Lipinski definition) is 2. The fourth-order valence-corrected chi connectivity index (χ4v) is 2.80. The molecular formula is C22H36IN5O. The Balaban J connectivity index is 0.00000420. The minimum atomic E-state index is 0. The monoisotopic (exact) mass is 513 g/mol. The molecule has 6 nitrogen and oxygen atoms in total. The first-order valence-corrected chi connectivity index (χ1v) is 10.3. The predicted octanol–water partition coefficient (Wildman–Crippen LogP) is 3.71. The smallest absolute Gasteiger partial charge is 0.191 e. The molecule has 29 heavy (non-hydrogen) atoms. The lowest BCUT2D eigenvalue weighted by atomic mass is 10.2. The normalized spacial score (nSPS) is 11.4. The van der Waals surface area contributed by atoms with Crippen LogP contribution in [0.2, 0.25) is 0 Å². The summed E-state index contributed by atoms with van der Waals surface area (Å²) in [7, 11) is 0. The molecule has 2 aromatic rings. The van der Waals surface area contributed by atoms with E-state index in [0.29, 0.717) is 5.92 Å². The molecule has 0 unspecified atom stereocenters. The maximum atomic E-state index is 5.61. The predicted molar refractivity (Wildman–Crippen MR) is 131 cm³/mol.